The maximum atomic E-state index is 12.1. The lowest BCUT2D eigenvalue weighted by molar-refractivity contribution is 0.102. The van der Waals surface area contributed by atoms with Crippen molar-refractivity contribution >= 4 is 23.2 Å². The van der Waals surface area contributed by atoms with E-state index in [0.717, 1.165) is 18.7 Å². The molecule has 1 aromatic carbocycles. The minimum absolute atomic E-state index is 0.265. The summed E-state index contributed by atoms with van der Waals surface area (Å²) in [5, 5.41) is 3.20. The number of nitrogens with zero attached hydrogens (tertiary/aromatic N) is 2. The fourth-order valence-corrected chi connectivity index (χ4v) is 2.21. The smallest absolute Gasteiger partial charge is 0.258 e. The molecule has 1 amide bonds. The normalized spacial score (nSPS) is 13.8. The molecular formula is C15H14ClN3O2. The van der Waals surface area contributed by atoms with Gasteiger partial charge in [0.25, 0.3) is 5.91 Å². The van der Waals surface area contributed by atoms with Crippen LogP contribution in [0.5, 0.6) is 5.75 Å². The second-order valence-electron chi connectivity index (χ2n) is 4.91. The van der Waals surface area contributed by atoms with E-state index in [4.69, 9.17) is 16.3 Å². The molecule has 0 unspecified atom stereocenters. The minimum Gasteiger partial charge on any atom is -0.495 e. The second-order valence-corrected chi connectivity index (χ2v) is 5.31. The molecule has 3 rings (SSSR count). The topological polar surface area (TPSA) is 64.1 Å². The molecule has 1 aromatic heterocycles. The maximum Gasteiger partial charge on any atom is 0.258 e. The zero-order valence-corrected chi connectivity index (χ0v) is 12.2. The number of anilines is 1. The van der Waals surface area contributed by atoms with Gasteiger partial charge in [-0.3, -0.25) is 4.79 Å². The zero-order chi connectivity index (χ0) is 14.8. The lowest BCUT2D eigenvalue weighted by Crippen LogP contribution is -2.13. The molecule has 1 aliphatic carbocycles. The third-order valence-corrected chi connectivity index (χ3v) is 3.58. The SMILES string of the molecule is COc1ccc(NC(=O)c2cnc(C3CC3)nc2)cc1Cl. The molecule has 21 heavy (non-hydrogen) atoms. The number of hydrogen-bond donors (Lipinski definition) is 1. The van der Waals surface area contributed by atoms with Gasteiger partial charge in [0.2, 0.25) is 0 Å². The van der Waals surface area contributed by atoms with Gasteiger partial charge in [-0.1, -0.05) is 11.6 Å². The van der Waals surface area contributed by atoms with Crippen LogP contribution in [0.4, 0.5) is 5.69 Å². The van der Waals surface area contributed by atoms with Crippen LogP contribution < -0.4 is 10.1 Å². The summed E-state index contributed by atoms with van der Waals surface area (Å²) in [6.45, 7) is 0. The van der Waals surface area contributed by atoms with Gasteiger partial charge in [0, 0.05) is 24.0 Å². The summed E-state index contributed by atoms with van der Waals surface area (Å²) in [7, 11) is 1.54. The van der Waals surface area contributed by atoms with Crippen molar-refractivity contribution in [3.63, 3.8) is 0 Å². The van der Waals surface area contributed by atoms with Gasteiger partial charge in [-0.2, -0.15) is 0 Å². The van der Waals surface area contributed by atoms with Crippen LogP contribution in [0.15, 0.2) is 30.6 Å². The average Bonchev–Trinajstić information content (AvgIpc) is 3.32. The summed E-state index contributed by atoms with van der Waals surface area (Å²) in [5.74, 6) is 1.59. The van der Waals surface area contributed by atoms with E-state index in [0.29, 0.717) is 27.9 Å². The highest BCUT2D eigenvalue weighted by Gasteiger charge is 2.26. The van der Waals surface area contributed by atoms with E-state index in [1.54, 1.807) is 30.6 Å². The van der Waals surface area contributed by atoms with Crippen LogP contribution in [0, 0.1) is 0 Å². The van der Waals surface area contributed by atoms with E-state index in [-0.39, 0.29) is 5.91 Å². The van der Waals surface area contributed by atoms with Gasteiger partial charge in [0.15, 0.2) is 0 Å². The van der Waals surface area contributed by atoms with Gasteiger partial charge in [0.05, 0.1) is 17.7 Å². The van der Waals surface area contributed by atoms with Crippen LogP contribution in [-0.4, -0.2) is 23.0 Å². The Morgan fingerprint density at radius 2 is 2.05 bits per heavy atom. The summed E-state index contributed by atoms with van der Waals surface area (Å²) < 4.78 is 5.07. The highest BCUT2D eigenvalue weighted by atomic mass is 35.5. The first-order valence-electron chi connectivity index (χ1n) is 6.64. The Labute approximate surface area is 127 Å². The quantitative estimate of drug-likeness (QED) is 0.941. The predicted molar refractivity (Wildman–Crippen MR) is 80.0 cm³/mol. The highest BCUT2D eigenvalue weighted by molar-refractivity contribution is 6.32. The van der Waals surface area contributed by atoms with Crippen LogP contribution in [0.3, 0.4) is 0 Å². The Hall–Kier alpha value is -2.14. The molecule has 1 heterocycles. The van der Waals surface area contributed by atoms with Gasteiger partial charge in [-0.25, -0.2) is 9.97 Å². The molecule has 0 spiro atoms. The van der Waals surface area contributed by atoms with Crippen molar-refractivity contribution in [1.29, 1.82) is 0 Å². The van der Waals surface area contributed by atoms with Crippen molar-refractivity contribution in [3.8, 4) is 5.75 Å². The number of rotatable bonds is 4. The van der Waals surface area contributed by atoms with Crippen molar-refractivity contribution in [2.45, 2.75) is 18.8 Å². The van der Waals surface area contributed by atoms with Crippen molar-refractivity contribution in [1.82, 2.24) is 9.97 Å². The Morgan fingerprint density at radius 3 is 2.62 bits per heavy atom. The molecule has 0 saturated heterocycles. The van der Waals surface area contributed by atoms with Gasteiger partial charge >= 0.3 is 0 Å². The molecule has 0 bridgehead atoms. The third-order valence-electron chi connectivity index (χ3n) is 3.29. The molecule has 0 radical (unpaired) electrons. The number of carbonyl (C=O) groups excluding carboxylic acids is 1. The Kier molecular flexibility index (Phi) is 3.75. The van der Waals surface area contributed by atoms with Crippen molar-refractivity contribution in [3.05, 3.63) is 47.0 Å². The van der Waals surface area contributed by atoms with Crippen LogP contribution >= 0.6 is 11.6 Å². The van der Waals surface area contributed by atoms with Gasteiger partial charge in [-0.15, -0.1) is 0 Å². The van der Waals surface area contributed by atoms with Crippen molar-refractivity contribution in [2.24, 2.45) is 0 Å². The monoisotopic (exact) mass is 303 g/mol. The first kappa shape index (κ1) is 13.8. The number of nitrogens with one attached hydrogen (secondary N) is 1. The first-order valence-corrected chi connectivity index (χ1v) is 7.02. The predicted octanol–water partition coefficient (Wildman–Crippen LogP) is 3.27. The number of aromatic nitrogens is 2. The van der Waals surface area contributed by atoms with Gasteiger partial charge in [0.1, 0.15) is 11.6 Å². The molecule has 1 fully saturated rings. The van der Waals surface area contributed by atoms with E-state index in [1.165, 1.54) is 7.11 Å². The molecule has 108 valence electrons. The van der Waals surface area contributed by atoms with E-state index < -0.39 is 0 Å². The minimum atomic E-state index is -0.265. The lowest BCUT2D eigenvalue weighted by atomic mass is 10.2. The summed E-state index contributed by atoms with van der Waals surface area (Å²) in [6.07, 6.45) is 5.38. The van der Waals surface area contributed by atoms with E-state index in [1.807, 2.05) is 0 Å². The average molecular weight is 304 g/mol. The fourth-order valence-electron chi connectivity index (χ4n) is 1.96. The molecule has 1 saturated carbocycles. The molecule has 1 N–H and O–H groups in total. The Bertz CT molecular complexity index is 669. The molecule has 0 atom stereocenters. The van der Waals surface area contributed by atoms with Crippen LogP contribution in [0.2, 0.25) is 5.02 Å². The number of carbonyl (C=O) groups is 1. The Morgan fingerprint density at radius 1 is 1.33 bits per heavy atom. The zero-order valence-electron chi connectivity index (χ0n) is 11.5. The first-order chi connectivity index (χ1) is 10.2. The number of ether oxygens (including phenoxy) is 1. The standard InChI is InChI=1S/C15H14ClN3O2/c1-21-13-5-4-11(6-12(13)16)19-15(20)10-7-17-14(18-8-10)9-2-3-9/h4-9H,2-3H2,1H3,(H,19,20). The summed E-state index contributed by atoms with van der Waals surface area (Å²) in [6, 6.07) is 5.06. The van der Waals surface area contributed by atoms with Gasteiger partial charge in [-0.05, 0) is 31.0 Å². The molecule has 2 aromatic rings. The van der Waals surface area contributed by atoms with Crippen LogP contribution in [0.1, 0.15) is 34.9 Å². The largest absolute Gasteiger partial charge is 0.495 e. The van der Waals surface area contributed by atoms with Gasteiger partial charge < -0.3 is 10.1 Å². The summed E-state index contributed by atoms with van der Waals surface area (Å²) in [5.41, 5.74) is 1.02. The maximum absolute atomic E-state index is 12.1. The molecule has 6 heteroatoms. The fraction of sp³-hybridized carbons (Fsp3) is 0.267. The number of halogens is 1. The van der Waals surface area contributed by atoms with E-state index in [2.05, 4.69) is 15.3 Å². The van der Waals surface area contributed by atoms with E-state index >= 15 is 0 Å². The van der Waals surface area contributed by atoms with Crippen LogP contribution in [0.25, 0.3) is 0 Å². The second kappa shape index (κ2) is 5.69. The summed E-state index contributed by atoms with van der Waals surface area (Å²) >= 11 is 6.02. The lowest BCUT2D eigenvalue weighted by Gasteiger charge is -2.08. The molecular weight excluding hydrogens is 290 g/mol. The number of benzene rings is 1. The summed E-state index contributed by atoms with van der Waals surface area (Å²) in [4.78, 5) is 20.6. The third kappa shape index (κ3) is 3.13. The molecule has 5 nitrogen and oxygen atoms in total. The van der Waals surface area contributed by atoms with Crippen LogP contribution in [-0.2, 0) is 0 Å². The number of hydrogen-bond acceptors (Lipinski definition) is 4. The Balaban J connectivity index is 1.71. The highest BCUT2D eigenvalue weighted by Crippen LogP contribution is 2.37. The molecule has 0 aliphatic heterocycles. The number of methoxy groups -OCH3 is 1. The number of amides is 1. The van der Waals surface area contributed by atoms with Crippen molar-refractivity contribution < 1.29 is 9.53 Å². The molecule has 1 aliphatic rings. The van der Waals surface area contributed by atoms with Crippen molar-refractivity contribution in [2.75, 3.05) is 12.4 Å². The van der Waals surface area contributed by atoms with E-state index in [9.17, 15) is 4.79 Å².